The Morgan fingerprint density at radius 3 is 2.65 bits per heavy atom. The van der Waals surface area contributed by atoms with Crippen LogP contribution in [-0.4, -0.2) is 9.78 Å². The minimum atomic E-state index is 0.791. The largest absolute Gasteiger partial charge is 0.398 e. The van der Waals surface area contributed by atoms with Gasteiger partial charge >= 0.3 is 0 Å². The Labute approximate surface area is 137 Å². The number of benzene rings is 2. The van der Waals surface area contributed by atoms with E-state index in [0.717, 1.165) is 23.5 Å². The molecular formula is C20H23N3. The van der Waals surface area contributed by atoms with Crippen LogP contribution in [0.15, 0.2) is 48.8 Å². The van der Waals surface area contributed by atoms with Gasteiger partial charge in [-0.1, -0.05) is 49.6 Å². The van der Waals surface area contributed by atoms with Gasteiger partial charge in [0.25, 0.3) is 0 Å². The molecule has 0 bridgehead atoms. The summed E-state index contributed by atoms with van der Waals surface area (Å²) in [5.41, 5.74) is 9.33. The molecule has 1 aliphatic carbocycles. The summed E-state index contributed by atoms with van der Waals surface area (Å²) >= 11 is 0. The molecule has 1 aromatic heterocycles. The first kappa shape index (κ1) is 14.3. The van der Waals surface area contributed by atoms with Crippen LogP contribution in [0.4, 0.5) is 5.69 Å². The SMILES string of the molecule is Nc1cccc2c(-c3cnn(CC4CCCCC4)c3)cccc12. The predicted octanol–water partition coefficient (Wildman–Crippen LogP) is 4.87. The second-order valence-electron chi connectivity index (χ2n) is 6.70. The van der Waals surface area contributed by atoms with Gasteiger partial charge in [0.05, 0.1) is 6.20 Å². The van der Waals surface area contributed by atoms with Crippen molar-refractivity contribution < 1.29 is 0 Å². The van der Waals surface area contributed by atoms with Gasteiger partial charge in [-0.3, -0.25) is 4.68 Å². The van der Waals surface area contributed by atoms with Crippen molar-refractivity contribution in [1.82, 2.24) is 9.78 Å². The lowest BCUT2D eigenvalue weighted by atomic mass is 9.89. The monoisotopic (exact) mass is 305 g/mol. The molecule has 4 rings (SSSR count). The van der Waals surface area contributed by atoms with E-state index in [1.807, 2.05) is 18.3 Å². The molecule has 118 valence electrons. The molecule has 2 aromatic carbocycles. The molecule has 1 fully saturated rings. The van der Waals surface area contributed by atoms with E-state index in [1.54, 1.807) is 0 Å². The fourth-order valence-corrected chi connectivity index (χ4v) is 3.82. The summed E-state index contributed by atoms with van der Waals surface area (Å²) in [5.74, 6) is 0.791. The Morgan fingerprint density at radius 1 is 1.00 bits per heavy atom. The second-order valence-corrected chi connectivity index (χ2v) is 6.70. The number of fused-ring (bicyclic) bond motifs is 1. The second kappa shape index (κ2) is 6.07. The summed E-state index contributed by atoms with van der Waals surface area (Å²) in [5, 5.41) is 6.92. The fourth-order valence-electron chi connectivity index (χ4n) is 3.82. The van der Waals surface area contributed by atoms with E-state index in [2.05, 4.69) is 40.2 Å². The molecule has 0 radical (unpaired) electrons. The number of anilines is 1. The van der Waals surface area contributed by atoms with Crippen molar-refractivity contribution in [2.24, 2.45) is 5.92 Å². The third-order valence-electron chi connectivity index (χ3n) is 5.07. The Hall–Kier alpha value is -2.29. The van der Waals surface area contributed by atoms with E-state index in [-0.39, 0.29) is 0 Å². The highest BCUT2D eigenvalue weighted by molar-refractivity contribution is 6.02. The molecule has 23 heavy (non-hydrogen) atoms. The number of hydrogen-bond donors (Lipinski definition) is 1. The van der Waals surface area contributed by atoms with Crippen molar-refractivity contribution >= 4 is 16.5 Å². The van der Waals surface area contributed by atoms with Gasteiger partial charge in [0.15, 0.2) is 0 Å². The van der Waals surface area contributed by atoms with Gasteiger partial charge in [-0.15, -0.1) is 0 Å². The van der Waals surface area contributed by atoms with E-state index < -0.39 is 0 Å². The molecule has 2 N–H and O–H groups in total. The number of hydrogen-bond acceptors (Lipinski definition) is 2. The molecule has 3 heteroatoms. The highest BCUT2D eigenvalue weighted by atomic mass is 15.3. The molecule has 3 nitrogen and oxygen atoms in total. The molecule has 1 heterocycles. The van der Waals surface area contributed by atoms with Crippen LogP contribution < -0.4 is 5.73 Å². The molecule has 0 atom stereocenters. The average molecular weight is 305 g/mol. The van der Waals surface area contributed by atoms with Gasteiger partial charge in [0.2, 0.25) is 0 Å². The molecule has 1 saturated carbocycles. The van der Waals surface area contributed by atoms with E-state index in [4.69, 9.17) is 5.73 Å². The summed E-state index contributed by atoms with van der Waals surface area (Å²) < 4.78 is 2.12. The van der Waals surface area contributed by atoms with Crippen molar-refractivity contribution in [2.75, 3.05) is 5.73 Å². The molecule has 1 aliphatic rings. The first-order valence-electron chi connectivity index (χ1n) is 8.61. The quantitative estimate of drug-likeness (QED) is 0.702. The Morgan fingerprint density at radius 2 is 1.78 bits per heavy atom. The van der Waals surface area contributed by atoms with Crippen LogP contribution >= 0.6 is 0 Å². The molecule has 0 spiro atoms. The first-order chi connectivity index (χ1) is 11.3. The summed E-state index contributed by atoms with van der Waals surface area (Å²) in [6, 6.07) is 12.4. The van der Waals surface area contributed by atoms with Crippen LogP contribution in [0.2, 0.25) is 0 Å². The van der Waals surface area contributed by atoms with Crippen molar-refractivity contribution in [3.8, 4) is 11.1 Å². The number of aromatic nitrogens is 2. The van der Waals surface area contributed by atoms with E-state index in [1.165, 1.54) is 48.6 Å². The zero-order valence-electron chi connectivity index (χ0n) is 13.4. The number of nitrogens with two attached hydrogens (primary N) is 1. The van der Waals surface area contributed by atoms with E-state index >= 15 is 0 Å². The summed E-state index contributed by atoms with van der Waals surface area (Å²) in [6.45, 7) is 1.05. The lowest BCUT2D eigenvalue weighted by molar-refractivity contribution is 0.308. The highest BCUT2D eigenvalue weighted by Gasteiger charge is 2.15. The zero-order chi connectivity index (χ0) is 15.6. The summed E-state index contributed by atoms with van der Waals surface area (Å²) in [7, 11) is 0. The summed E-state index contributed by atoms with van der Waals surface area (Å²) in [6.07, 6.45) is 11.0. The third kappa shape index (κ3) is 2.83. The third-order valence-corrected chi connectivity index (χ3v) is 5.07. The van der Waals surface area contributed by atoms with Gasteiger partial charge in [-0.05, 0) is 35.8 Å². The topological polar surface area (TPSA) is 43.8 Å². The zero-order valence-corrected chi connectivity index (χ0v) is 13.4. The lowest BCUT2D eigenvalue weighted by Crippen LogP contribution is -2.14. The number of rotatable bonds is 3. The van der Waals surface area contributed by atoms with Gasteiger partial charge in [-0.25, -0.2) is 0 Å². The minimum Gasteiger partial charge on any atom is -0.398 e. The number of nitrogens with zero attached hydrogens (tertiary/aromatic N) is 2. The molecular weight excluding hydrogens is 282 g/mol. The number of nitrogen functional groups attached to an aromatic ring is 1. The van der Waals surface area contributed by atoms with Crippen molar-refractivity contribution in [2.45, 2.75) is 38.6 Å². The minimum absolute atomic E-state index is 0.791. The van der Waals surface area contributed by atoms with Crippen molar-refractivity contribution in [1.29, 1.82) is 0 Å². The highest BCUT2D eigenvalue weighted by Crippen LogP contribution is 2.31. The standard InChI is InChI=1S/C20H23N3/c21-20-11-5-9-18-17(8-4-10-19(18)20)16-12-22-23(14-16)13-15-6-2-1-3-7-15/h4-5,8-12,14-15H,1-3,6-7,13,21H2. The maximum atomic E-state index is 6.11. The van der Waals surface area contributed by atoms with Gasteiger partial charge in [-0.2, -0.15) is 5.10 Å². The van der Waals surface area contributed by atoms with Crippen LogP contribution in [0, 0.1) is 5.92 Å². The Bertz CT molecular complexity index is 813. The van der Waals surface area contributed by atoms with Crippen molar-refractivity contribution in [3.05, 3.63) is 48.8 Å². The maximum absolute atomic E-state index is 6.11. The van der Waals surface area contributed by atoms with Crippen LogP contribution in [0.3, 0.4) is 0 Å². The normalized spacial score (nSPS) is 16.0. The molecule has 0 saturated heterocycles. The molecule has 3 aromatic rings. The van der Waals surface area contributed by atoms with Crippen LogP contribution in [-0.2, 0) is 6.54 Å². The van der Waals surface area contributed by atoms with E-state index in [9.17, 15) is 0 Å². The molecule has 0 aliphatic heterocycles. The molecule has 0 amide bonds. The van der Waals surface area contributed by atoms with Crippen LogP contribution in [0.5, 0.6) is 0 Å². The van der Waals surface area contributed by atoms with E-state index in [0.29, 0.717) is 0 Å². The van der Waals surface area contributed by atoms with Crippen LogP contribution in [0.25, 0.3) is 21.9 Å². The molecule has 0 unspecified atom stereocenters. The summed E-state index contributed by atoms with van der Waals surface area (Å²) in [4.78, 5) is 0. The lowest BCUT2D eigenvalue weighted by Gasteiger charge is -2.21. The van der Waals surface area contributed by atoms with Gasteiger partial charge in [0, 0.05) is 29.4 Å². The van der Waals surface area contributed by atoms with Crippen LogP contribution in [0.1, 0.15) is 32.1 Å². The van der Waals surface area contributed by atoms with Crippen molar-refractivity contribution in [3.63, 3.8) is 0 Å². The fraction of sp³-hybridized carbons (Fsp3) is 0.350. The Balaban J connectivity index is 1.65. The smallest absolute Gasteiger partial charge is 0.0568 e. The Kier molecular flexibility index (Phi) is 3.78. The first-order valence-corrected chi connectivity index (χ1v) is 8.61. The van der Waals surface area contributed by atoms with Gasteiger partial charge < -0.3 is 5.73 Å². The van der Waals surface area contributed by atoms with Gasteiger partial charge in [0.1, 0.15) is 0 Å². The average Bonchev–Trinajstić information content (AvgIpc) is 3.04. The predicted molar refractivity (Wildman–Crippen MR) is 96.2 cm³/mol. The maximum Gasteiger partial charge on any atom is 0.0568 e.